The number of pyridine rings is 1. The first-order chi connectivity index (χ1) is 21.3. The predicted octanol–water partition coefficient (Wildman–Crippen LogP) is 11.3. The molecule has 8 aromatic rings. The lowest BCUT2D eigenvalue weighted by Crippen LogP contribution is -1.93. The molecule has 204 valence electrons. The highest BCUT2D eigenvalue weighted by Gasteiger charge is 2.22. The summed E-state index contributed by atoms with van der Waals surface area (Å²) in [5, 5.41) is 5.11. The fourth-order valence-electron chi connectivity index (χ4n) is 6.78. The van der Waals surface area contributed by atoms with E-state index >= 15 is 0 Å². The van der Waals surface area contributed by atoms with Crippen LogP contribution < -0.4 is 0 Å². The van der Waals surface area contributed by atoms with Crippen LogP contribution in [-0.4, -0.2) is 9.55 Å². The molecular formula is C41H30N2. The zero-order valence-electron chi connectivity index (χ0n) is 24.3. The van der Waals surface area contributed by atoms with Gasteiger partial charge in [-0.25, -0.2) is 4.98 Å². The van der Waals surface area contributed by atoms with Crippen molar-refractivity contribution in [3.63, 3.8) is 0 Å². The van der Waals surface area contributed by atoms with E-state index in [0.29, 0.717) is 0 Å². The molecule has 0 fully saturated rings. The van der Waals surface area contributed by atoms with E-state index < -0.39 is 0 Å². The molecule has 2 heteroatoms. The third-order valence-corrected chi connectivity index (χ3v) is 8.54. The first-order valence-corrected chi connectivity index (χ1v) is 15.1. The van der Waals surface area contributed by atoms with Crippen molar-refractivity contribution in [2.45, 2.75) is 13.8 Å². The minimum absolute atomic E-state index is 0.981. The van der Waals surface area contributed by atoms with Crippen LogP contribution in [0, 0.1) is 0 Å². The maximum Gasteiger partial charge on any atom is 0.0716 e. The second kappa shape index (κ2) is 10.1. The van der Waals surface area contributed by atoms with Crippen LogP contribution in [0.2, 0.25) is 0 Å². The van der Waals surface area contributed by atoms with Crippen LogP contribution in [0.1, 0.15) is 13.8 Å². The Morgan fingerprint density at radius 1 is 0.442 bits per heavy atom. The van der Waals surface area contributed by atoms with E-state index in [1.807, 2.05) is 13.8 Å². The Bertz CT molecular complexity index is 2300. The molecule has 0 atom stereocenters. The van der Waals surface area contributed by atoms with Crippen molar-refractivity contribution in [1.29, 1.82) is 0 Å². The highest BCUT2D eigenvalue weighted by molar-refractivity contribution is 6.16. The fraction of sp³-hybridized carbons (Fsp3) is 0.0488. The molecule has 0 unspecified atom stereocenters. The van der Waals surface area contributed by atoms with Gasteiger partial charge in [0.2, 0.25) is 0 Å². The summed E-state index contributed by atoms with van der Waals surface area (Å²) < 4.78 is 2.36. The first-order valence-electron chi connectivity index (χ1n) is 15.1. The highest BCUT2D eigenvalue weighted by Crippen LogP contribution is 2.48. The molecule has 0 saturated heterocycles. The van der Waals surface area contributed by atoms with Gasteiger partial charge < -0.3 is 4.57 Å². The lowest BCUT2D eigenvalue weighted by molar-refractivity contribution is 1.18. The van der Waals surface area contributed by atoms with E-state index in [-0.39, 0.29) is 0 Å². The monoisotopic (exact) mass is 550 g/mol. The summed E-state index contributed by atoms with van der Waals surface area (Å²) in [6.45, 7) is 4.00. The molecule has 0 aliphatic heterocycles. The van der Waals surface area contributed by atoms with Gasteiger partial charge in [-0.1, -0.05) is 117 Å². The molecule has 2 aromatic heterocycles. The molecule has 0 radical (unpaired) electrons. The Balaban J connectivity index is 0.00000136. The van der Waals surface area contributed by atoms with Crippen LogP contribution in [0.4, 0.5) is 0 Å². The topological polar surface area (TPSA) is 17.8 Å². The summed E-state index contributed by atoms with van der Waals surface area (Å²) in [4.78, 5) is 5.27. The van der Waals surface area contributed by atoms with Gasteiger partial charge in [-0.15, -0.1) is 0 Å². The van der Waals surface area contributed by atoms with Crippen molar-refractivity contribution in [3.8, 4) is 50.5 Å². The van der Waals surface area contributed by atoms with Crippen molar-refractivity contribution in [2.75, 3.05) is 0 Å². The number of hydrogen-bond donors (Lipinski definition) is 0. The van der Waals surface area contributed by atoms with Gasteiger partial charge >= 0.3 is 0 Å². The van der Waals surface area contributed by atoms with Crippen molar-refractivity contribution in [1.82, 2.24) is 9.55 Å². The molecule has 0 saturated carbocycles. The second-order valence-corrected chi connectivity index (χ2v) is 10.8. The van der Waals surface area contributed by atoms with Gasteiger partial charge in [-0.3, -0.25) is 0 Å². The molecule has 0 spiro atoms. The average molecular weight is 551 g/mol. The quantitative estimate of drug-likeness (QED) is 0.214. The van der Waals surface area contributed by atoms with E-state index in [2.05, 4.69) is 150 Å². The van der Waals surface area contributed by atoms with Gasteiger partial charge in [-0.2, -0.15) is 0 Å². The third-order valence-electron chi connectivity index (χ3n) is 8.54. The van der Waals surface area contributed by atoms with Crippen molar-refractivity contribution < 1.29 is 0 Å². The maximum atomic E-state index is 5.27. The first kappa shape index (κ1) is 25.3. The predicted molar refractivity (Wildman–Crippen MR) is 183 cm³/mol. The molecule has 2 nitrogen and oxygen atoms in total. The van der Waals surface area contributed by atoms with Crippen molar-refractivity contribution in [2.24, 2.45) is 0 Å². The van der Waals surface area contributed by atoms with Gasteiger partial charge in [0.15, 0.2) is 0 Å². The fourth-order valence-corrected chi connectivity index (χ4v) is 6.78. The number of rotatable bonds is 3. The molecule has 1 aliphatic rings. The lowest BCUT2D eigenvalue weighted by Gasteiger charge is -2.10. The largest absolute Gasteiger partial charge is 0.309 e. The Morgan fingerprint density at radius 3 is 1.93 bits per heavy atom. The molecule has 0 bridgehead atoms. The minimum atomic E-state index is 0.981. The summed E-state index contributed by atoms with van der Waals surface area (Å²) in [6, 6.07) is 52.3. The van der Waals surface area contributed by atoms with Crippen LogP contribution in [-0.2, 0) is 0 Å². The Hall–Kier alpha value is -5.47. The van der Waals surface area contributed by atoms with Gasteiger partial charge in [0.05, 0.1) is 22.4 Å². The number of nitrogens with zero attached hydrogens (tertiary/aromatic N) is 2. The molecule has 43 heavy (non-hydrogen) atoms. The summed E-state index contributed by atoms with van der Waals surface area (Å²) in [5.41, 5.74) is 13.0. The summed E-state index contributed by atoms with van der Waals surface area (Å²) in [6.07, 6.45) is 0. The molecule has 2 heterocycles. The highest BCUT2D eigenvalue weighted by atomic mass is 15.0. The summed E-state index contributed by atoms with van der Waals surface area (Å²) in [5.74, 6) is 0. The average Bonchev–Trinajstić information content (AvgIpc) is 3.60. The maximum absolute atomic E-state index is 5.27. The van der Waals surface area contributed by atoms with E-state index in [0.717, 1.165) is 28.2 Å². The molecule has 6 aromatic carbocycles. The lowest BCUT2D eigenvalue weighted by atomic mass is 9.99. The zero-order chi connectivity index (χ0) is 28.9. The van der Waals surface area contributed by atoms with Crippen LogP contribution in [0.3, 0.4) is 0 Å². The van der Waals surface area contributed by atoms with Crippen molar-refractivity contribution in [3.05, 3.63) is 146 Å². The van der Waals surface area contributed by atoms with Crippen LogP contribution in [0.15, 0.2) is 146 Å². The SMILES string of the molecule is CC.c1ccc(-n2c3ccccc3c3c(-c4cccc(-c5ccc6c(c5)-c5cccc7cccc-6c57)n4)cccc32)cc1. The second-order valence-electron chi connectivity index (χ2n) is 10.8. The number of hydrogen-bond acceptors (Lipinski definition) is 1. The Labute approximate surface area is 251 Å². The molecule has 0 N–H and O–H groups in total. The standard InChI is InChI=1S/C39H24N2.C2H6/c1-2-12-27(13-3-1)41-36-20-5-4-14-32(36)39-31(17-8-21-37(39)41)35-19-9-18-34(40-35)26-22-23-28-29-15-6-10-25-11-7-16-30(38(25)29)33(28)24-26;1-2/h1-24H;1-2H3. The van der Waals surface area contributed by atoms with Gasteiger partial charge in [0.1, 0.15) is 0 Å². The number of fused-ring (bicyclic) bond motifs is 6. The van der Waals surface area contributed by atoms with E-state index in [1.165, 1.54) is 54.8 Å². The van der Waals surface area contributed by atoms with Gasteiger partial charge in [0, 0.05) is 27.6 Å². The van der Waals surface area contributed by atoms with Crippen molar-refractivity contribution >= 4 is 32.6 Å². The molecule has 0 amide bonds. The van der Waals surface area contributed by atoms with Crippen LogP contribution >= 0.6 is 0 Å². The molecule has 9 rings (SSSR count). The number of aromatic nitrogens is 2. The Morgan fingerprint density at radius 2 is 1.09 bits per heavy atom. The van der Waals surface area contributed by atoms with Gasteiger partial charge in [0.25, 0.3) is 0 Å². The smallest absolute Gasteiger partial charge is 0.0716 e. The van der Waals surface area contributed by atoms with Gasteiger partial charge in [-0.05, 0) is 75.5 Å². The van der Waals surface area contributed by atoms with E-state index in [9.17, 15) is 0 Å². The third kappa shape index (κ3) is 3.84. The van der Waals surface area contributed by atoms with Crippen LogP contribution in [0.5, 0.6) is 0 Å². The minimum Gasteiger partial charge on any atom is -0.309 e. The van der Waals surface area contributed by atoms with E-state index in [4.69, 9.17) is 4.98 Å². The number of para-hydroxylation sites is 2. The Kier molecular flexibility index (Phi) is 5.94. The normalized spacial score (nSPS) is 11.5. The summed E-state index contributed by atoms with van der Waals surface area (Å²) >= 11 is 0. The van der Waals surface area contributed by atoms with E-state index in [1.54, 1.807) is 0 Å². The summed E-state index contributed by atoms with van der Waals surface area (Å²) in [7, 11) is 0. The number of benzene rings is 6. The van der Waals surface area contributed by atoms with Crippen LogP contribution in [0.25, 0.3) is 83.0 Å². The zero-order valence-corrected chi connectivity index (χ0v) is 24.3. The molecule has 1 aliphatic carbocycles. The molecular weight excluding hydrogens is 520 g/mol.